The summed E-state index contributed by atoms with van der Waals surface area (Å²) in [4.78, 5) is 22.0. The Balaban J connectivity index is 2.48. The molecule has 1 N–H and O–H groups in total. The van der Waals surface area contributed by atoms with Gasteiger partial charge in [0.05, 0.1) is 18.5 Å². The molecule has 0 spiro atoms. The van der Waals surface area contributed by atoms with Crippen LogP contribution in [0.3, 0.4) is 0 Å². The third-order valence-corrected chi connectivity index (χ3v) is 2.43. The summed E-state index contributed by atoms with van der Waals surface area (Å²) in [6.07, 6.45) is 0.952. The largest absolute Gasteiger partial charge is 0.344 e. The van der Waals surface area contributed by atoms with Crippen LogP contribution in [-0.2, 0) is 0 Å². The van der Waals surface area contributed by atoms with E-state index in [1.54, 1.807) is 18.2 Å². The highest BCUT2D eigenvalue weighted by Crippen LogP contribution is 2.27. The van der Waals surface area contributed by atoms with Gasteiger partial charge >= 0.3 is 0 Å². The molecule has 1 aromatic carbocycles. The Bertz CT molecular complexity index is 474. The van der Waals surface area contributed by atoms with Gasteiger partial charge in [0.15, 0.2) is 0 Å². The monoisotopic (exact) mass is 200 g/mol. The SMILES string of the molecule is N#CCC1NC(=O)c2ccc(C=O)cc21. The van der Waals surface area contributed by atoms with Crippen LogP contribution in [0.1, 0.15) is 38.7 Å². The Kier molecular flexibility index (Phi) is 2.22. The van der Waals surface area contributed by atoms with Crippen molar-refractivity contribution in [3.8, 4) is 6.07 Å². The Morgan fingerprint density at radius 2 is 2.33 bits per heavy atom. The van der Waals surface area contributed by atoms with E-state index in [2.05, 4.69) is 5.32 Å². The number of amides is 1. The molecule has 1 aliphatic heterocycles. The van der Waals surface area contributed by atoms with Gasteiger partial charge in [-0.1, -0.05) is 6.07 Å². The summed E-state index contributed by atoms with van der Waals surface area (Å²) in [6, 6.07) is 6.59. The van der Waals surface area contributed by atoms with Gasteiger partial charge in [0.25, 0.3) is 5.91 Å². The minimum absolute atomic E-state index is 0.178. The van der Waals surface area contributed by atoms with E-state index >= 15 is 0 Å². The normalized spacial score (nSPS) is 17.8. The van der Waals surface area contributed by atoms with Crippen LogP contribution >= 0.6 is 0 Å². The highest BCUT2D eigenvalue weighted by atomic mass is 16.2. The molecule has 1 aromatic rings. The average Bonchev–Trinajstić information content (AvgIpc) is 2.56. The molecule has 1 atom stereocenters. The first kappa shape index (κ1) is 9.41. The maximum atomic E-state index is 11.4. The number of hydrogen-bond acceptors (Lipinski definition) is 3. The number of benzene rings is 1. The molecule has 1 unspecified atom stereocenters. The van der Waals surface area contributed by atoms with Crippen LogP contribution in [0.5, 0.6) is 0 Å². The zero-order valence-corrected chi connectivity index (χ0v) is 7.86. The molecule has 1 aliphatic rings. The van der Waals surface area contributed by atoms with Gasteiger partial charge in [-0.05, 0) is 17.7 Å². The number of nitrogens with zero attached hydrogens (tertiary/aromatic N) is 1. The lowest BCUT2D eigenvalue weighted by molar-refractivity contribution is 0.0956. The first-order valence-corrected chi connectivity index (χ1v) is 4.53. The van der Waals surface area contributed by atoms with Crippen molar-refractivity contribution < 1.29 is 9.59 Å². The van der Waals surface area contributed by atoms with Crippen molar-refractivity contribution in [1.82, 2.24) is 5.32 Å². The van der Waals surface area contributed by atoms with Gasteiger partial charge in [-0.3, -0.25) is 9.59 Å². The second-order valence-electron chi connectivity index (χ2n) is 3.35. The molecule has 0 bridgehead atoms. The summed E-state index contributed by atoms with van der Waals surface area (Å²) in [6.45, 7) is 0. The highest BCUT2D eigenvalue weighted by Gasteiger charge is 2.28. The number of nitrogens with one attached hydrogen (secondary N) is 1. The van der Waals surface area contributed by atoms with Gasteiger partial charge in [0.1, 0.15) is 6.29 Å². The van der Waals surface area contributed by atoms with Gasteiger partial charge in [-0.15, -0.1) is 0 Å². The lowest BCUT2D eigenvalue weighted by Crippen LogP contribution is -2.18. The van der Waals surface area contributed by atoms with E-state index in [9.17, 15) is 9.59 Å². The van der Waals surface area contributed by atoms with Crippen LogP contribution in [0.15, 0.2) is 18.2 Å². The van der Waals surface area contributed by atoms with Gasteiger partial charge in [-0.25, -0.2) is 0 Å². The molecule has 0 radical (unpaired) electrons. The minimum Gasteiger partial charge on any atom is -0.344 e. The number of fused-ring (bicyclic) bond motifs is 1. The lowest BCUT2D eigenvalue weighted by atomic mass is 10.0. The Morgan fingerprint density at radius 1 is 1.53 bits per heavy atom. The lowest BCUT2D eigenvalue weighted by Gasteiger charge is -2.06. The summed E-state index contributed by atoms with van der Waals surface area (Å²) in [5, 5.41) is 11.3. The van der Waals surface area contributed by atoms with Crippen molar-refractivity contribution in [2.75, 3.05) is 0 Å². The molecule has 0 saturated carbocycles. The fourth-order valence-electron chi connectivity index (χ4n) is 1.72. The van der Waals surface area contributed by atoms with E-state index in [0.717, 1.165) is 11.8 Å². The summed E-state index contributed by atoms with van der Waals surface area (Å²) in [5.41, 5.74) is 1.82. The van der Waals surface area contributed by atoms with Crippen molar-refractivity contribution in [1.29, 1.82) is 5.26 Å². The van der Waals surface area contributed by atoms with E-state index < -0.39 is 0 Å². The van der Waals surface area contributed by atoms with E-state index in [1.165, 1.54) is 0 Å². The zero-order chi connectivity index (χ0) is 10.8. The number of carbonyl (C=O) groups is 2. The van der Waals surface area contributed by atoms with Crippen LogP contribution in [0, 0.1) is 11.3 Å². The number of carbonyl (C=O) groups excluding carboxylic acids is 2. The minimum atomic E-state index is -0.280. The molecular weight excluding hydrogens is 192 g/mol. The molecule has 1 heterocycles. The van der Waals surface area contributed by atoms with E-state index in [0.29, 0.717) is 11.1 Å². The van der Waals surface area contributed by atoms with Gasteiger partial charge in [0.2, 0.25) is 0 Å². The molecule has 0 aromatic heterocycles. The molecule has 0 saturated heterocycles. The van der Waals surface area contributed by atoms with E-state index in [4.69, 9.17) is 5.26 Å². The van der Waals surface area contributed by atoms with Crippen LogP contribution in [-0.4, -0.2) is 12.2 Å². The topological polar surface area (TPSA) is 70.0 Å². The van der Waals surface area contributed by atoms with Crippen molar-refractivity contribution in [2.45, 2.75) is 12.5 Å². The second kappa shape index (κ2) is 3.54. The summed E-state index contributed by atoms with van der Waals surface area (Å²) < 4.78 is 0. The standard InChI is InChI=1S/C11H8N2O2/c12-4-3-10-9-5-7(6-14)1-2-8(9)11(15)13-10/h1-2,5-6,10H,3H2,(H,13,15). The summed E-state index contributed by atoms with van der Waals surface area (Å²) >= 11 is 0. The fourth-order valence-corrected chi connectivity index (χ4v) is 1.72. The molecule has 1 amide bonds. The van der Waals surface area contributed by atoms with Gasteiger partial charge in [0, 0.05) is 11.1 Å². The van der Waals surface area contributed by atoms with E-state index in [1.807, 2.05) is 6.07 Å². The average molecular weight is 200 g/mol. The molecule has 0 fully saturated rings. The molecule has 74 valence electrons. The molecular formula is C11H8N2O2. The second-order valence-corrected chi connectivity index (χ2v) is 3.35. The Labute approximate surface area is 86.5 Å². The van der Waals surface area contributed by atoms with Crippen LogP contribution < -0.4 is 5.32 Å². The highest BCUT2D eigenvalue weighted by molar-refractivity contribution is 5.99. The Morgan fingerprint density at radius 3 is 3.00 bits per heavy atom. The number of hydrogen-bond donors (Lipinski definition) is 1. The van der Waals surface area contributed by atoms with Crippen LogP contribution in [0.4, 0.5) is 0 Å². The maximum absolute atomic E-state index is 11.4. The third kappa shape index (κ3) is 1.48. The van der Waals surface area contributed by atoms with Crippen molar-refractivity contribution in [2.24, 2.45) is 0 Å². The zero-order valence-electron chi connectivity index (χ0n) is 7.86. The molecule has 4 nitrogen and oxygen atoms in total. The van der Waals surface area contributed by atoms with E-state index in [-0.39, 0.29) is 18.4 Å². The van der Waals surface area contributed by atoms with Gasteiger partial charge in [-0.2, -0.15) is 5.26 Å². The smallest absolute Gasteiger partial charge is 0.252 e. The summed E-state index contributed by atoms with van der Waals surface area (Å²) in [7, 11) is 0. The predicted molar refractivity (Wildman–Crippen MR) is 52.3 cm³/mol. The first-order chi connectivity index (χ1) is 7.26. The Hall–Kier alpha value is -2.15. The van der Waals surface area contributed by atoms with Crippen molar-refractivity contribution >= 4 is 12.2 Å². The number of rotatable bonds is 2. The molecule has 2 rings (SSSR count). The maximum Gasteiger partial charge on any atom is 0.252 e. The number of nitriles is 1. The molecule has 15 heavy (non-hydrogen) atoms. The first-order valence-electron chi connectivity index (χ1n) is 4.53. The fraction of sp³-hybridized carbons (Fsp3) is 0.182. The van der Waals surface area contributed by atoms with Crippen molar-refractivity contribution in [3.63, 3.8) is 0 Å². The van der Waals surface area contributed by atoms with Crippen LogP contribution in [0.25, 0.3) is 0 Å². The number of aldehydes is 1. The quantitative estimate of drug-likeness (QED) is 0.729. The van der Waals surface area contributed by atoms with Gasteiger partial charge < -0.3 is 5.32 Å². The summed E-state index contributed by atoms with van der Waals surface area (Å²) in [5.74, 6) is -0.178. The predicted octanol–water partition coefficient (Wildman–Crippen LogP) is 1.20. The van der Waals surface area contributed by atoms with Crippen LogP contribution in [0.2, 0.25) is 0 Å². The van der Waals surface area contributed by atoms with Crippen molar-refractivity contribution in [3.05, 3.63) is 34.9 Å². The molecule has 4 heteroatoms. The third-order valence-electron chi connectivity index (χ3n) is 2.43. The molecule has 0 aliphatic carbocycles.